The lowest BCUT2D eigenvalue weighted by Gasteiger charge is -2.29. The number of benzene rings is 2. The van der Waals surface area contributed by atoms with Gasteiger partial charge in [-0.25, -0.2) is 4.21 Å². The molecule has 3 nitrogen and oxygen atoms in total. The maximum absolute atomic E-state index is 12.7. The van der Waals surface area contributed by atoms with Crippen molar-refractivity contribution in [3.8, 4) is 5.75 Å². The van der Waals surface area contributed by atoms with Gasteiger partial charge in [0.1, 0.15) is 11.9 Å². The van der Waals surface area contributed by atoms with Crippen LogP contribution < -0.4 is 4.74 Å². The van der Waals surface area contributed by atoms with Crippen molar-refractivity contribution in [1.29, 1.82) is 0 Å². The van der Waals surface area contributed by atoms with Gasteiger partial charge in [0.15, 0.2) is 0 Å². The first-order chi connectivity index (χ1) is 11.2. The molecule has 0 radical (unpaired) electrons. The summed E-state index contributed by atoms with van der Waals surface area (Å²) in [5, 5.41) is 0. The molecule has 2 aromatic rings. The van der Waals surface area contributed by atoms with Crippen LogP contribution in [0.3, 0.4) is 0 Å². The average Bonchev–Trinajstić information content (AvgIpc) is 2.61. The van der Waals surface area contributed by atoms with E-state index in [0.717, 1.165) is 34.9 Å². The van der Waals surface area contributed by atoms with E-state index in [1.807, 2.05) is 42.5 Å². The molecule has 1 heterocycles. The predicted octanol–water partition coefficient (Wildman–Crippen LogP) is 3.76. The van der Waals surface area contributed by atoms with E-state index in [-0.39, 0.29) is 6.10 Å². The van der Waals surface area contributed by atoms with Crippen LogP contribution in [0.15, 0.2) is 58.3 Å². The Balaban J connectivity index is 1.79. The molecule has 0 amide bonds. The fourth-order valence-electron chi connectivity index (χ4n) is 2.69. The smallest absolute Gasteiger partial charge is 0.124 e. The van der Waals surface area contributed by atoms with Crippen molar-refractivity contribution in [2.45, 2.75) is 28.7 Å². The highest BCUT2D eigenvalue weighted by atomic mass is 32.2. The molecule has 0 fully saturated rings. The first kappa shape index (κ1) is 16.6. The topological polar surface area (TPSA) is 29.5 Å². The van der Waals surface area contributed by atoms with Crippen LogP contribution in [0.25, 0.3) is 0 Å². The van der Waals surface area contributed by atoms with Gasteiger partial charge in [0, 0.05) is 16.3 Å². The van der Waals surface area contributed by atoms with Gasteiger partial charge < -0.3 is 4.74 Å². The molecule has 0 spiro atoms. The van der Waals surface area contributed by atoms with Crippen LogP contribution >= 0.6 is 11.9 Å². The highest BCUT2D eigenvalue weighted by Gasteiger charge is 2.22. The summed E-state index contributed by atoms with van der Waals surface area (Å²) in [6.45, 7) is 0.895. The molecule has 0 saturated carbocycles. The van der Waals surface area contributed by atoms with Crippen molar-refractivity contribution < 1.29 is 8.95 Å². The second-order valence-electron chi connectivity index (χ2n) is 5.62. The molecule has 2 atom stereocenters. The largest absolute Gasteiger partial charge is 0.489 e. The Morgan fingerprint density at radius 3 is 2.74 bits per heavy atom. The Kier molecular flexibility index (Phi) is 5.41. The number of likely N-dealkylation sites (N-methyl/N-ethyl adjacent to an activating group) is 1. The van der Waals surface area contributed by atoms with E-state index in [4.69, 9.17) is 4.74 Å². The lowest BCUT2D eigenvalue weighted by molar-refractivity contribution is 0.155. The first-order valence-electron chi connectivity index (χ1n) is 7.69. The second-order valence-corrected chi connectivity index (χ2v) is 8.09. The maximum atomic E-state index is 12.7. The van der Waals surface area contributed by atoms with Crippen LogP contribution in [0, 0.1) is 0 Å². The number of aryl methyl sites for hydroxylation is 1. The number of hydrogen-bond donors (Lipinski definition) is 0. The zero-order chi connectivity index (χ0) is 16.2. The minimum atomic E-state index is -1.16. The van der Waals surface area contributed by atoms with Crippen LogP contribution in [0.4, 0.5) is 0 Å². The Bertz CT molecular complexity index is 691. The SMILES string of the molecule is CSN(C)C[C@H]1CCc2ccc(S(=O)c3ccccc3)cc2O1. The average molecular weight is 348 g/mol. The van der Waals surface area contributed by atoms with E-state index >= 15 is 0 Å². The van der Waals surface area contributed by atoms with Gasteiger partial charge in [-0.15, -0.1) is 0 Å². The van der Waals surface area contributed by atoms with Crippen molar-refractivity contribution in [1.82, 2.24) is 4.31 Å². The molecule has 1 aliphatic rings. The quantitative estimate of drug-likeness (QED) is 0.770. The third kappa shape index (κ3) is 3.97. The molecule has 0 aliphatic carbocycles. The molecule has 5 heteroatoms. The van der Waals surface area contributed by atoms with Crippen LogP contribution in [0.1, 0.15) is 12.0 Å². The first-order valence-corrected chi connectivity index (χ1v) is 10.0. The van der Waals surface area contributed by atoms with Crippen molar-refractivity contribution in [2.24, 2.45) is 0 Å². The summed E-state index contributed by atoms with van der Waals surface area (Å²) in [5.41, 5.74) is 1.21. The van der Waals surface area contributed by atoms with Crippen LogP contribution in [0.5, 0.6) is 5.75 Å². The molecular weight excluding hydrogens is 326 g/mol. The summed E-state index contributed by atoms with van der Waals surface area (Å²) >= 11 is 1.71. The molecule has 1 unspecified atom stereocenters. The number of fused-ring (bicyclic) bond motifs is 1. The van der Waals surface area contributed by atoms with E-state index < -0.39 is 10.8 Å². The van der Waals surface area contributed by atoms with Gasteiger partial charge in [-0.1, -0.05) is 36.2 Å². The molecule has 2 aromatic carbocycles. The van der Waals surface area contributed by atoms with Crippen molar-refractivity contribution in [3.63, 3.8) is 0 Å². The van der Waals surface area contributed by atoms with E-state index in [9.17, 15) is 4.21 Å². The summed E-state index contributed by atoms with van der Waals surface area (Å²) in [7, 11) is 0.911. The standard InChI is InChI=1S/C18H21NO2S2/c1-19(22-2)13-15-10-8-14-9-11-17(12-18(14)21-15)23(20)16-6-4-3-5-7-16/h3-7,9,11-12,15H,8,10,13H2,1-2H3/t15-,23?/m1/s1. The summed E-state index contributed by atoms with van der Waals surface area (Å²) in [4.78, 5) is 1.62. The summed E-state index contributed by atoms with van der Waals surface area (Å²) < 4.78 is 21.0. The molecule has 23 heavy (non-hydrogen) atoms. The minimum absolute atomic E-state index is 0.195. The molecule has 0 N–H and O–H groups in total. The summed E-state index contributed by atoms with van der Waals surface area (Å²) in [5.74, 6) is 0.887. The number of ether oxygens (including phenoxy) is 1. The Morgan fingerprint density at radius 2 is 2.00 bits per heavy atom. The predicted molar refractivity (Wildman–Crippen MR) is 96.4 cm³/mol. The van der Waals surface area contributed by atoms with Crippen LogP contribution in [-0.2, 0) is 17.2 Å². The summed E-state index contributed by atoms with van der Waals surface area (Å²) in [6, 6.07) is 15.5. The van der Waals surface area contributed by atoms with Crippen molar-refractivity contribution >= 4 is 22.7 Å². The Hall–Kier alpha value is -1.30. The lowest BCUT2D eigenvalue weighted by Crippen LogP contribution is -2.32. The number of hydrogen-bond acceptors (Lipinski definition) is 4. The lowest BCUT2D eigenvalue weighted by atomic mass is 10.0. The highest BCUT2D eigenvalue weighted by molar-refractivity contribution is 7.96. The number of rotatable bonds is 5. The van der Waals surface area contributed by atoms with E-state index in [0.29, 0.717) is 0 Å². The van der Waals surface area contributed by atoms with Gasteiger partial charge in [-0.2, -0.15) is 0 Å². The van der Waals surface area contributed by atoms with Gasteiger partial charge in [-0.05, 0) is 56.0 Å². The minimum Gasteiger partial charge on any atom is -0.489 e. The number of nitrogens with zero attached hydrogens (tertiary/aromatic N) is 1. The summed E-state index contributed by atoms with van der Waals surface area (Å²) in [6.07, 6.45) is 4.30. The van der Waals surface area contributed by atoms with Gasteiger partial charge >= 0.3 is 0 Å². The zero-order valence-corrected chi connectivity index (χ0v) is 15.0. The van der Waals surface area contributed by atoms with Crippen LogP contribution in [0.2, 0.25) is 0 Å². The monoisotopic (exact) mass is 347 g/mol. The Labute approximate surface area is 144 Å². The molecule has 0 saturated heterocycles. The second kappa shape index (κ2) is 7.51. The highest BCUT2D eigenvalue weighted by Crippen LogP contribution is 2.31. The van der Waals surface area contributed by atoms with E-state index in [1.54, 1.807) is 11.9 Å². The molecule has 0 bridgehead atoms. The fourth-order valence-corrected chi connectivity index (χ4v) is 4.09. The zero-order valence-electron chi connectivity index (χ0n) is 13.4. The maximum Gasteiger partial charge on any atom is 0.124 e. The Morgan fingerprint density at radius 1 is 1.22 bits per heavy atom. The normalized spacial score (nSPS) is 18.3. The van der Waals surface area contributed by atoms with Gasteiger partial charge in [-0.3, -0.25) is 4.31 Å². The van der Waals surface area contributed by atoms with Gasteiger partial charge in [0.05, 0.1) is 10.8 Å². The van der Waals surface area contributed by atoms with E-state index in [1.165, 1.54) is 5.56 Å². The molecule has 3 rings (SSSR count). The molecule has 1 aliphatic heterocycles. The van der Waals surface area contributed by atoms with Crippen molar-refractivity contribution in [3.05, 3.63) is 54.1 Å². The third-order valence-electron chi connectivity index (χ3n) is 4.01. The molecule has 0 aromatic heterocycles. The van der Waals surface area contributed by atoms with Gasteiger partial charge in [0.25, 0.3) is 0 Å². The van der Waals surface area contributed by atoms with Crippen LogP contribution in [-0.4, -0.2) is 34.5 Å². The molecule has 122 valence electrons. The molecular formula is C18H21NO2S2. The van der Waals surface area contributed by atoms with Gasteiger partial charge in [0.2, 0.25) is 0 Å². The fraction of sp³-hybridized carbons (Fsp3) is 0.333. The third-order valence-corrected chi connectivity index (χ3v) is 6.17. The van der Waals surface area contributed by atoms with E-state index in [2.05, 4.69) is 23.7 Å². The van der Waals surface area contributed by atoms with Crippen molar-refractivity contribution in [2.75, 3.05) is 19.8 Å².